The Morgan fingerprint density at radius 1 is 0.500 bits per heavy atom. The summed E-state index contributed by atoms with van der Waals surface area (Å²) in [4.78, 5) is 15.7. The maximum Gasteiger partial charge on any atom is 0.338 e. The zero-order valence-corrected chi connectivity index (χ0v) is 50.5. The van der Waals surface area contributed by atoms with Crippen LogP contribution in [-0.2, 0) is 68.7 Å². The Hall–Kier alpha value is -6.72. The highest BCUT2D eigenvalue weighted by atomic mass is 32.2. The summed E-state index contributed by atoms with van der Waals surface area (Å²) >= 11 is 1.46. The topological polar surface area (TPSA) is 109 Å². The quantitative estimate of drug-likeness (QED) is 0.0424. The number of esters is 1. The number of thioether (sulfide) groups is 1. The molecule has 2 fully saturated rings. The third kappa shape index (κ3) is 15.0. The molecular weight excluding hydrogens is 1090 g/mol. The van der Waals surface area contributed by atoms with Crippen LogP contribution < -0.4 is 15.1 Å². The molecule has 2 saturated heterocycles. The second kappa shape index (κ2) is 28.9. The average molecular weight is 1170 g/mol. The molecule has 0 N–H and O–H groups in total. The summed E-state index contributed by atoms with van der Waals surface area (Å²) in [6.45, 7) is 11.7. The van der Waals surface area contributed by atoms with Crippen molar-refractivity contribution in [2.45, 2.75) is 132 Å². The molecule has 2 aliphatic heterocycles. The maximum absolute atomic E-state index is 14.8. The molecule has 0 bridgehead atoms. The van der Waals surface area contributed by atoms with Crippen molar-refractivity contribution >= 4 is 36.4 Å². The van der Waals surface area contributed by atoms with Crippen LogP contribution in [0, 0.1) is 6.92 Å². The van der Waals surface area contributed by atoms with Gasteiger partial charge in [0.15, 0.2) is 12.4 Å². The molecule has 0 amide bonds. The van der Waals surface area contributed by atoms with Crippen molar-refractivity contribution in [3.63, 3.8) is 0 Å². The first kappa shape index (κ1) is 60.4. The van der Waals surface area contributed by atoms with Crippen LogP contribution in [0.2, 0.25) is 5.04 Å². The Morgan fingerprint density at radius 2 is 0.940 bits per heavy atom. The van der Waals surface area contributed by atoms with E-state index in [1.54, 1.807) is 19.2 Å². The van der Waals surface area contributed by atoms with Gasteiger partial charge in [-0.15, -0.1) is 0 Å². The number of benzene rings is 8. The number of hydrogen-bond donors (Lipinski definition) is 0. The van der Waals surface area contributed by atoms with Crippen molar-refractivity contribution in [2.75, 3.05) is 13.7 Å². The monoisotopic (exact) mass is 1160 g/mol. The van der Waals surface area contributed by atoms with Crippen LogP contribution in [-0.4, -0.2) is 88.6 Å². The van der Waals surface area contributed by atoms with E-state index in [1.807, 2.05) is 153 Å². The van der Waals surface area contributed by atoms with Crippen LogP contribution in [0.4, 0.5) is 0 Å². The smallest absolute Gasteiger partial charge is 0.338 e. The van der Waals surface area contributed by atoms with Gasteiger partial charge in [-0.05, 0) is 87.9 Å². The van der Waals surface area contributed by atoms with Gasteiger partial charge in [-0.1, -0.05) is 232 Å². The van der Waals surface area contributed by atoms with Crippen molar-refractivity contribution in [1.29, 1.82) is 0 Å². The van der Waals surface area contributed by atoms with Crippen LogP contribution in [0.15, 0.2) is 235 Å². The normalized spacial score (nSPS) is 22.7. The summed E-state index contributed by atoms with van der Waals surface area (Å²) in [7, 11) is -1.61. The first-order chi connectivity index (χ1) is 40.9. The molecule has 10 rings (SSSR count). The van der Waals surface area contributed by atoms with Gasteiger partial charge >= 0.3 is 5.97 Å². The summed E-state index contributed by atoms with van der Waals surface area (Å²) in [5.74, 6) is 0.160. The molecule has 8 aromatic carbocycles. The van der Waals surface area contributed by atoms with Crippen molar-refractivity contribution in [1.82, 2.24) is 0 Å². The summed E-state index contributed by atoms with van der Waals surface area (Å²) in [6.07, 6.45) is -8.03. The fourth-order valence-corrected chi connectivity index (χ4v) is 16.8. The number of carbonyl (C=O) groups is 1. The summed E-state index contributed by atoms with van der Waals surface area (Å²) in [5.41, 5.74) is 4.41. The lowest BCUT2D eigenvalue weighted by Crippen LogP contribution is -2.69. The molecular formula is C71H76O11SSi. The van der Waals surface area contributed by atoms with E-state index < -0.39 is 79.9 Å². The van der Waals surface area contributed by atoms with Gasteiger partial charge in [0.25, 0.3) is 8.32 Å². The third-order valence-electron chi connectivity index (χ3n) is 15.5. The lowest BCUT2D eigenvalue weighted by atomic mass is 9.96. The van der Waals surface area contributed by atoms with Crippen molar-refractivity contribution in [3.8, 4) is 5.75 Å². The number of ether oxygens (including phenoxy) is 9. The number of hydrogen-bond acceptors (Lipinski definition) is 12. The molecule has 0 spiro atoms. The first-order valence-corrected chi connectivity index (χ1v) is 31.7. The average Bonchev–Trinajstić information content (AvgIpc) is 3.69. The first-order valence-electron chi connectivity index (χ1n) is 28.9. The number of rotatable bonds is 24. The highest BCUT2D eigenvalue weighted by molar-refractivity contribution is 7.99. The van der Waals surface area contributed by atoms with E-state index in [0.717, 1.165) is 43.1 Å². The molecule has 84 heavy (non-hydrogen) atoms. The number of carbonyl (C=O) groups excluding carboxylic acids is 1. The van der Waals surface area contributed by atoms with E-state index in [2.05, 4.69) is 100 Å². The third-order valence-corrected chi connectivity index (χ3v) is 21.6. The standard InChI is InChI=1S/C71H76O11SSi/c1-50-37-43-58(44-38-50)83-70-67(81-68(72)56-31-19-10-20-32-56)65(76-48-55-39-41-57(73-6)42-40-55)63(61(80-70)49-78-84(71(3,4)5,59-33-21-11-22-34-59)60-35-23-12-24-36-60)82-69-66(77-47-54-29-17-9-18-30-54)64(75-46-53-27-15-8-16-28-53)62(51(2)79-69)74-45-52-25-13-7-14-26-52/h7-44,51,61-67,69-70H,45-49H2,1-6H3/t51-,61+,62+,63-,64+,65-,66-,67+,69-,70-/m0/s1. The van der Waals surface area contributed by atoms with Crippen LogP contribution in [0.5, 0.6) is 5.75 Å². The zero-order valence-electron chi connectivity index (χ0n) is 48.6. The van der Waals surface area contributed by atoms with Gasteiger partial charge in [0.05, 0.1) is 51.8 Å². The van der Waals surface area contributed by atoms with Gasteiger partial charge < -0.3 is 47.1 Å². The predicted molar refractivity (Wildman–Crippen MR) is 331 cm³/mol. The van der Waals surface area contributed by atoms with Crippen LogP contribution in [0.25, 0.3) is 0 Å². The second-order valence-electron chi connectivity index (χ2n) is 22.4. The van der Waals surface area contributed by atoms with Crippen molar-refractivity contribution < 1.29 is 51.9 Å². The zero-order chi connectivity index (χ0) is 58.3. The second-order valence-corrected chi connectivity index (χ2v) is 27.9. The molecule has 0 unspecified atom stereocenters. The highest BCUT2D eigenvalue weighted by Crippen LogP contribution is 2.43. The van der Waals surface area contributed by atoms with Crippen molar-refractivity contribution in [3.05, 3.63) is 264 Å². The molecule has 13 heteroatoms. The van der Waals surface area contributed by atoms with Gasteiger partial charge in [-0.25, -0.2) is 4.79 Å². The van der Waals surface area contributed by atoms with Gasteiger partial charge in [-0.2, -0.15) is 0 Å². The Balaban J connectivity index is 1.12. The lowest BCUT2D eigenvalue weighted by Gasteiger charge is -2.50. The van der Waals surface area contributed by atoms with E-state index in [-0.39, 0.29) is 26.4 Å². The van der Waals surface area contributed by atoms with Gasteiger partial charge in [0.1, 0.15) is 47.8 Å². The Kier molecular flexibility index (Phi) is 20.8. The van der Waals surface area contributed by atoms with E-state index in [0.29, 0.717) is 17.9 Å². The summed E-state index contributed by atoms with van der Waals surface area (Å²) < 4.78 is 71.2. The van der Waals surface area contributed by atoms with Crippen LogP contribution >= 0.6 is 11.8 Å². The molecule has 10 atom stereocenters. The van der Waals surface area contributed by atoms with Gasteiger partial charge in [0, 0.05) is 4.90 Å². The van der Waals surface area contributed by atoms with E-state index in [4.69, 9.17) is 47.1 Å². The maximum atomic E-state index is 14.8. The molecule has 2 aliphatic rings. The molecule has 8 aromatic rings. The fourth-order valence-electron chi connectivity index (χ4n) is 11.1. The Labute approximate surface area is 500 Å². The largest absolute Gasteiger partial charge is 0.497 e. The van der Waals surface area contributed by atoms with E-state index in [9.17, 15) is 4.79 Å². The van der Waals surface area contributed by atoms with Gasteiger partial charge in [-0.3, -0.25) is 0 Å². The summed E-state index contributed by atoms with van der Waals surface area (Å²) in [5, 5.41) is 1.80. The minimum absolute atomic E-state index is 0.0409. The van der Waals surface area contributed by atoms with Crippen LogP contribution in [0.1, 0.15) is 65.9 Å². The molecule has 11 nitrogen and oxygen atoms in total. The van der Waals surface area contributed by atoms with Crippen LogP contribution in [0.3, 0.4) is 0 Å². The number of methoxy groups -OCH3 is 1. The highest BCUT2D eigenvalue weighted by Gasteiger charge is 2.57. The van der Waals surface area contributed by atoms with Gasteiger partial charge in [0.2, 0.25) is 0 Å². The summed E-state index contributed by atoms with van der Waals surface area (Å²) in [6, 6.07) is 76.2. The predicted octanol–water partition coefficient (Wildman–Crippen LogP) is 13.1. The molecule has 0 aromatic heterocycles. The fraction of sp³-hybridized carbons (Fsp3) is 0.310. The molecule has 0 aliphatic carbocycles. The molecule has 0 saturated carbocycles. The molecule has 0 radical (unpaired) electrons. The SMILES string of the molecule is COc1ccc(CO[C@H]2[C@@H](O[C@@H]3O[C@@H](C)[C@@H](OCc4ccccc4)[C@@H](OCc4ccccc4)[C@@H]3OCc3ccccc3)[C@@H](CO[Si](c3ccccc3)(c3ccccc3)C(C)(C)C)O[C@@H](Sc3ccc(C)cc3)[C@@H]2OC(=O)c2ccccc2)cc1. The van der Waals surface area contributed by atoms with E-state index >= 15 is 0 Å². The van der Waals surface area contributed by atoms with Crippen molar-refractivity contribution in [2.24, 2.45) is 0 Å². The lowest BCUT2D eigenvalue weighted by molar-refractivity contribution is -0.352. The molecule has 436 valence electrons. The number of aryl methyl sites for hydroxylation is 1. The Morgan fingerprint density at radius 3 is 1.43 bits per heavy atom. The van der Waals surface area contributed by atoms with E-state index in [1.165, 1.54) is 11.8 Å². The molecule has 2 heterocycles. The Bertz CT molecular complexity index is 3190. The minimum atomic E-state index is -3.26. The minimum Gasteiger partial charge on any atom is -0.497 e.